The van der Waals surface area contributed by atoms with Gasteiger partial charge in [0, 0.05) is 6.07 Å². The van der Waals surface area contributed by atoms with Crippen LogP contribution in [0.2, 0.25) is 5.02 Å². The van der Waals surface area contributed by atoms with E-state index < -0.39 is 0 Å². The second-order valence-corrected chi connectivity index (χ2v) is 5.37. The highest BCUT2D eigenvalue weighted by Crippen LogP contribution is 2.27. The molecule has 5 heteroatoms. The summed E-state index contributed by atoms with van der Waals surface area (Å²) in [6, 6.07) is 5.13. The molecule has 1 amide bonds. The number of benzene rings is 1. The van der Waals surface area contributed by atoms with E-state index in [1.807, 2.05) is 13.8 Å². The lowest BCUT2D eigenvalue weighted by molar-refractivity contribution is -0.116. The molecule has 1 N–H and O–H groups in total. The van der Waals surface area contributed by atoms with Crippen LogP contribution in [0.15, 0.2) is 18.2 Å². The molecule has 17 heavy (non-hydrogen) atoms. The minimum absolute atomic E-state index is 0.116. The summed E-state index contributed by atoms with van der Waals surface area (Å²) in [5.41, 5.74) is 0.557. The van der Waals surface area contributed by atoms with Crippen molar-refractivity contribution in [3.63, 3.8) is 0 Å². The molecule has 0 fully saturated rings. The predicted octanol–water partition coefficient (Wildman–Crippen LogP) is 3.71. The number of amides is 1. The standard InChI is InChI=1S/C12H15BrClNO2/c1-7(2)11(13)12(16)15-10-6-8(17-3)4-5-9(10)14/h4-7,11H,1-3H3,(H,15,16). The molecular weight excluding hydrogens is 305 g/mol. The van der Waals surface area contributed by atoms with Crippen molar-refractivity contribution < 1.29 is 9.53 Å². The number of nitrogens with one attached hydrogen (secondary N) is 1. The van der Waals surface area contributed by atoms with Crippen molar-refractivity contribution in [1.82, 2.24) is 0 Å². The number of rotatable bonds is 4. The minimum Gasteiger partial charge on any atom is -0.497 e. The van der Waals surface area contributed by atoms with Crippen molar-refractivity contribution >= 4 is 39.1 Å². The summed E-state index contributed by atoms with van der Waals surface area (Å²) in [6.45, 7) is 3.93. The monoisotopic (exact) mass is 319 g/mol. The maximum atomic E-state index is 11.8. The zero-order valence-corrected chi connectivity index (χ0v) is 12.3. The Hall–Kier alpha value is -0.740. The van der Waals surface area contributed by atoms with Crippen molar-refractivity contribution in [3.8, 4) is 5.75 Å². The molecule has 1 rings (SSSR count). The van der Waals surface area contributed by atoms with Gasteiger partial charge in [-0.3, -0.25) is 4.79 Å². The van der Waals surface area contributed by atoms with Crippen molar-refractivity contribution in [1.29, 1.82) is 0 Å². The highest BCUT2D eigenvalue weighted by molar-refractivity contribution is 9.10. The smallest absolute Gasteiger partial charge is 0.238 e. The van der Waals surface area contributed by atoms with Crippen LogP contribution in [0.1, 0.15) is 13.8 Å². The zero-order valence-electron chi connectivity index (χ0n) is 9.96. The SMILES string of the molecule is COc1ccc(Cl)c(NC(=O)C(Br)C(C)C)c1. The van der Waals surface area contributed by atoms with Crippen molar-refractivity contribution in [2.75, 3.05) is 12.4 Å². The fourth-order valence-electron chi connectivity index (χ4n) is 1.23. The van der Waals surface area contributed by atoms with Crippen LogP contribution in [0.4, 0.5) is 5.69 Å². The van der Waals surface area contributed by atoms with E-state index in [1.165, 1.54) is 0 Å². The van der Waals surface area contributed by atoms with E-state index in [9.17, 15) is 4.79 Å². The van der Waals surface area contributed by atoms with Gasteiger partial charge in [0.15, 0.2) is 0 Å². The summed E-state index contributed by atoms with van der Waals surface area (Å²) in [5, 5.41) is 3.26. The average Bonchev–Trinajstić information content (AvgIpc) is 2.30. The van der Waals surface area contributed by atoms with Crippen molar-refractivity contribution in [2.45, 2.75) is 18.7 Å². The molecule has 94 valence electrons. The summed E-state index contributed by atoms with van der Waals surface area (Å²) >= 11 is 9.33. The number of ether oxygens (including phenoxy) is 1. The number of carbonyl (C=O) groups excluding carboxylic acids is 1. The number of anilines is 1. The molecule has 0 bridgehead atoms. The third-order valence-corrected chi connectivity index (χ3v) is 4.07. The van der Waals surface area contributed by atoms with Crippen LogP contribution in [0, 0.1) is 5.92 Å². The second-order valence-electron chi connectivity index (χ2n) is 3.98. The predicted molar refractivity (Wildman–Crippen MR) is 74.2 cm³/mol. The number of methoxy groups -OCH3 is 1. The lowest BCUT2D eigenvalue weighted by Gasteiger charge is -2.15. The van der Waals surface area contributed by atoms with Crippen LogP contribution in [0.3, 0.4) is 0 Å². The van der Waals surface area contributed by atoms with Gasteiger partial charge in [-0.25, -0.2) is 0 Å². The molecule has 0 heterocycles. The minimum atomic E-state index is -0.246. The van der Waals surface area contributed by atoms with Gasteiger partial charge in [-0.2, -0.15) is 0 Å². The number of halogens is 2. The first kappa shape index (κ1) is 14.3. The Morgan fingerprint density at radius 2 is 2.12 bits per heavy atom. The Bertz CT molecular complexity index is 409. The molecule has 0 saturated heterocycles. The molecule has 0 aliphatic carbocycles. The molecule has 1 aromatic rings. The van der Waals surface area contributed by atoms with Crippen molar-refractivity contribution in [3.05, 3.63) is 23.2 Å². The fraction of sp³-hybridized carbons (Fsp3) is 0.417. The van der Waals surface area contributed by atoms with Crippen LogP contribution in [-0.2, 0) is 4.79 Å². The average molecular weight is 321 g/mol. The molecule has 3 nitrogen and oxygen atoms in total. The van der Waals surface area contributed by atoms with E-state index in [-0.39, 0.29) is 16.7 Å². The maximum absolute atomic E-state index is 11.8. The van der Waals surface area contributed by atoms with Crippen LogP contribution >= 0.6 is 27.5 Å². The molecular formula is C12H15BrClNO2. The van der Waals surface area contributed by atoms with E-state index in [0.717, 1.165) is 0 Å². The number of hydrogen-bond donors (Lipinski definition) is 1. The lowest BCUT2D eigenvalue weighted by atomic mass is 10.1. The Morgan fingerprint density at radius 3 is 2.65 bits per heavy atom. The van der Waals surface area contributed by atoms with E-state index in [0.29, 0.717) is 16.5 Å². The van der Waals surface area contributed by atoms with Crippen LogP contribution in [0.5, 0.6) is 5.75 Å². The number of carbonyl (C=O) groups is 1. The molecule has 0 aliphatic heterocycles. The Labute approximate surface area is 115 Å². The van der Waals surface area contributed by atoms with Gasteiger partial charge >= 0.3 is 0 Å². The third-order valence-electron chi connectivity index (χ3n) is 2.27. The third kappa shape index (κ3) is 3.89. The molecule has 1 atom stereocenters. The summed E-state index contributed by atoms with van der Waals surface area (Å²) in [7, 11) is 1.57. The van der Waals surface area contributed by atoms with E-state index in [2.05, 4.69) is 21.2 Å². The van der Waals surface area contributed by atoms with Gasteiger partial charge < -0.3 is 10.1 Å². The highest BCUT2D eigenvalue weighted by Gasteiger charge is 2.19. The highest BCUT2D eigenvalue weighted by atomic mass is 79.9. The Morgan fingerprint density at radius 1 is 1.47 bits per heavy atom. The first-order valence-electron chi connectivity index (χ1n) is 5.24. The molecule has 0 aliphatic rings. The zero-order chi connectivity index (χ0) is 13.0. The molecule has 0 radical (unpaired) electrons. The first-order chi connectivity index (χ1) is 7.95. The van der Waals surface area contributed by atoms with Gasteiger partial charge in [-0.15, -0.1) is 0 Å². The molecule has 0 spiro atoms. The van der Waals surface area contributed by atoms with Gasteiger partial charge in [-0.1, -0.05) is 41.4 Å². The summed E-state index contributed by atoms with van der Waals surface area (Å²) in [4.78, 5) is 11.6. The summed E-state index contributed by atoms with van der Waals surface area (Å²) in [5.74, 6) is 0.745. The molecule has 1 aromatic carbocycles. The van der Waals surface area contributed by atoms with Crippen molar-refractivity contribution in [2.24, 2.45) is 5.92 Å². The van der Waals surface area contributed by atoms with Gasteiger partial charge in [0.2, 0.25) is 5.91 Å². The fourth-order valence-corrected chi connectivity index (χ4v) is 1.51. The van der Waals surface area contributed by atoms with Crippen LogP contribution in [-0.4, -0.2) is 17.8 Å². The van der Waals surface area contributed by atoms with E-state index in [1.54, 1.807) is 25.3 Å². The van der Waals surface area contributed by atoms with E-state index in [4.69, 9.17) is 16.3 Å². The number of alkyl halides is 1. The summed E-state index contributed by atoms with van der Waals surface area (Å²) in [6.07, 6.45) is 0. The maximum Gasteiger partial charge on any atom is 0.238 e. The van der Waals surface area contributed by atoms with E-state index >= 15 is 0 Å². The Balaban J connectivity index is 2.84. The molecule has 0 aromatic heterocycles. The van der Waals surface area contributed by atoms with Gasteiger partial charge in [-0.05, 0) is 18.1 Å². The van der Waals surface area contributed by atoms with Gasteiger partial charge in [0.1, 0.15) is 5.75 Å². The topological polar surface area (TPSA) is 38.3 Å². The van der Waals surface area contributed by atoms with Gasteiger partial charge in [0.25, 0.3) is 0 Å². The first-order valence-corrected chi connectivity index (χ1v) is 6.53. The molecule has 0 saturated carbocycles. The Kier molecular flexibility index (Phi) is 5.28. The van der Waals surface area contributed by atoms with Crippen LogP contribution in [0.25, 0.3) is 0 Å². The quantitative estimate of drug-likeness (QED) is 0.859. The largest absolute Gasteiger partial charge is 0.497 e. The van der Waals surface area contributed by atoms with Crippen LogP contribution < -0.4 is 10.1 Å². The normalized spacial score (nSPS) is 12.4. The molecule has 1 unspecified atom stereocenters. The summed E-state index contributed by atoms with van der Waals surface area (Å²) < 4.78 is 5.08. The lowest BCUT2D eigenvalue weighted by Crippen LogP contribution is -2.27. The number of hydrogen-bond acceptors (Lipinski definition) is 2. The second kappa shape index (κ2) is 6.26. The van der Waals surface area contributed by atoms with Gasteiger partial charge in [0.05, 0.1) is 22.6 Å².